The van der Waals surface area contributed by atoms with Crippen LogP contribution < -0.4 is 20.7 Å². The van der Waals surface area contributed by atoms with Crippen LogP contribution in [-0.2, 0) is 10.9 Å². The number of carbonyl (C=O) groups excluding carboxylic acids is 3. The van der Waals surface area contributed by atoms with Crippen molar-refractivity contribution in [3.05, 3.63) is 83.7 Å². The van der Waals surface area contributed by atoms with Crippen LogP contribution in [-0.4, -0.2) is 84.5 Å². The molecule has 0 radical (unpaired) electrons. The number of ether oxygens (including phenoxy) is 2. The van der Waals surface area contributed by atoms with Crippen LogP contribution in [0.3, 0.4) is 0 Å². The highest BCUT2D eigenvalue weighted by atomic mass is 19.4. The van der Waals surface area contributed by atoms with Crippen molar-refractivity contribution in [2.45, 2.75) is 64.5 Å². The molecule has 4 N–H and O–H groups in total. The van der Waals surface area contributed by atoms with Crippen LogP contribution in [0.2, 0.25) is 0 Å². The zero-order valence-electron chi connectivity index (χ0n) is 29.5. The molecule has 4 atom stereocenters. The van der Waals surface area contributed by atoms with Crippen LogP contribution in [0, 0.1) is 11.7 Å². The number of amides is 5. The van der Waals surface area contributed by atoms with Gasteiger partial charge < -0.3 is 40.3 Å². The Hall–Kier alpha value is -4.89. The van der Waals surface area contributed by atoms with Crippen LogP contribution in [0.15, 0.2) is 66.7 Å². The third kappa shape index (κ3) is 11.3. The van der Waals surface area contributed by atoms with E-state index in [9.17, 15) is 37.1 Å². The predicted molar refractivity (Wildman–Crippen MR) is 189 cm³/mol. The summed E-state index contributed by atoms with van der Waals surface area (Å²) in [5.74, 6) is -0.972. The first kappa shape index (κ1) is 39.9. The number of anilines is 3. The fourth-order valence-electron chi connectivity index (χ4n) is 5.60. The minimum Gasteiger partial charge on any atom is -0.490 e. The second kappa shape index (κ2) is 18.0. The highest BCUT2D eigenvalue weighted by molar-refractivity contribution is 6.02. The first-order valence-corrected chi connectivity index (χ1v) is 17.0. The molecule has 0 saturated carbocycles. The van der Waals surface area contributed by atoms with E-state index in [2.05, 4.69) is 16.0 Å². The molecule has 0 bridgehead atoms. The van der Waals surface area contributed by atoms with Crippen LogP contribution in [0.4, 0.5) is 44.2 Å². The number of hydrogen-bond acceptors (Lipinski definition) is 6. The highest BCUT2D eigenvalue weighted by Crippen LogP contribution is 2.31. The van der Waals surface area contributed by atoms with Crippen molar-refractivity contribution in [1.29, 1.82) is 0 Å². The zero-order valence-corrected chi connectivity index (χ0v) is 29.5. The quantitative estimate of drug-likeness (QED) is 0.187. The second-order valence-electron chi connectivity index (χ2n) is 13.0. The molecule has 0 saturated heterocycles. The number of fused-ring (bicyclic) bond motifs is 1. The monoisotopic (exact) mass is 731 g/mol. The highest BCUT2D eigenvalue weighted by Gasteiger charge is 2.32. The Morgan fingerprint density at radius 3 is 2.23 bits per heavy atom. The minimum atomic E-state index is -4.52. The second-order valence-corrected chi connectivity index (χ2v) is 13.0. The molecule has 0 unspecified atom stereocenters. The van der Waals surface area contributed by atoms with Gasteiger partial charge >= 0.3 is 18.2 Å². The number of aliphatic hydroxyl groups excluding tert-OH is 1. The molecule has 0 fully saturated rings. The van der Waals surface area contributed by atoms with Gasteiger partial charge in [-0.1, -0.05) is 6.92 Å². The summed E-state index contributed by atoms with van der Waals surface area (Å²) in [5.41, 5.74) is 0.0354. The Kier molecular flexibility index (Phi) is 13.8. The lowest BCUT2D eigenvalue weighted by molar-refractivity contribution is -0.137. The largest absolute Gasteiger partial charge is 0.490 e. The lowest BCUT2D eigenvalue weighted by atomic mass is 10.0. The molecule has 4 rings (SSSR count). The molecule has 1 aliphatic heterocycles. The molecule has 5 amide bonds. The average Bonchev–Trinajstić information content (AvgIpc) is 3.10. The van der Waals surface area contributed by atoms with Crippen LogP contribution >= 0.6 is 0 Å². The van der Waals surface area contributed by atoms with Crippen molar-refractivity contribution in [2.75, 3.05) is 49.3 Å². The first-order valence-electron chi connectivity index (χ1n) is 17.0. The van der Waals surface area contributed by atoms with E-state index in [0.29, 0.717) is 25.1 Å². The van der Waals surface area contributed by atoms with Gasteiger partial charge in [0.05, 0.1) is 36.0 Å². The molecule has 52 heavy (non-hydrogen) atoms. The smallest absolute Gasteiger partial charge is 0.416 e. The fraction of sp³-hybridized carbons (Fsp3) is 0.432. The number of urea groups is 2. The van der Waals surface area contributed by atoms with Gasteiger partial charge in [-0.25, -0.2) is 14.0 Å². The summed E-state index contributed by atoms with van der Waals surface area (Å²) in [6.45, 7) is 5.78. The molecule has 0 aromatic heterocycles. The molecular formula is C37H45F4N5O6. The van der Waals surface area contributed by atoms with Gasteiger partial charge in [0.1, 0.15) is 11.6 Å². The minimum absolute atomic E-state index is 0.122. The van der Waals surface area contributed by atoms with Gasteiger partial charge in [0.15, 0.2) is 0 Å². The number of rotatable bonds is 7. The number of aliphatic hydroxyl groups is 1. The number of benzene rings is 3. The van der Waals surface area contributed by atoms with E-state index in [-0.39, 0.29) is 54.4 Å². The third-order valence-corrected chi connectivity index (χ3v) is 8.68. The molecule has 3 aromatic rings. The van der Waals surface area contributed by atoms with Gasteiger partial charge in [-0.3, -0.25) is 4.79 Å². The Morgan fingerprint density at radius 1 is 0.962 bits per heavy atom. The van der Waals surface area contributed by atoms with E-state index in [1.54, 1.807) is 26.1 Å². The summed E-state index contributed by atoms with van der Waals surface area (Å²) in [4.78, 5) is 43.1. The lowest BCUT2D eigenvalue weighted by Crippen LogP contribution is -2.48. The van der Waals surface area contributed by atoms with E-state index < -0.39 is 47.7 Å². The van der Waals surface area contributed by atoms with Gasteiger partial charge in [-0.15, -0.1) is 0 Å². The molecule has 1 heterocycles. The first-order chi connectivity index (χ1) is 24.6. The number of carbonyl (C=O) groups is 3. The van der Waals surface area contributed by atoms with Gasteiger partial charge in [0.25, 0.3) is 5.91 Å². The van der Waals surface area contributed by atoms with Crippen molar-refractivity contribution in [3.63, 3.8) is 0 Å². The lowest BCUT2D eigenvalue weighted by Gasteiger charge is -2.35. The fourth-order valence-corrected chi connectivity index (χ4v) is 5.60. The van der Waals surface area contributed by atoms with Crippen LogP contribution in [0.1, 0.15) is 56.0 Å². The van der Waals surface area contributed by atoms with E-state index in [4.69, 9.17) is 9.47 Å². The molecule has 3 aromatic carbocycles. The van der Waals surface area contributed by atoms with Gasteiger partial charge in [-0.05, 0) is 99.8 Å². The van der Waals surface area contributed by atoms with Crippen molar-refractivity contribution in [3.8, 4) is 5.75 Å². The summed E-state index contributed by atoms with van der Waals surface area (Å²) in [7, 11) is 1.61. The average molecular weight is 732 g/mol. The molecule has 11 nitrogen and oxygen atoms in total. The maximum absolute atomic E-state index is 14.3. The summed E-state index contributed by atoms with van der Waals surface area (Å²) >= 11 is 0. The van der Waals surface area contributed by atoms with E-state index in [1.165, 1.54) is 40.1 Å². The summed E-state index contributed by atoms with van der Waals surface area (Å²) in [6.07, 6.45) is -3.22. The molecule has 15 heteroatoms. The van der Waals surface area contributed by atoms with Crippen molar-refractivity contribution in [2.24, 2.45) is 5.92 Å². The van der Waals surface area contributed by atoms with Crippen LogP contribution in [0.5, 0.6) is 5.75 Å². The molecule has 1 aliphatic rings. The molecular weight excluding hydrogens is 686 g/mol. The summed E-state index contributed by atoms with van der Waals surface area (Å²) < 4.78 is 64.7. The number of nitrogens with one attached hydrogen (secondary N) is 3. The zero-order chi connectivity index (χ0) is 38.0. The Balaban J connectivity index is 1.56. The summed E-state index contributed by atoms with van der Waals surface area (Å²) in [6, 6.07) is 12.1. The molecule has 0 aliphatic carbocycles. The van der Waals surface area contributed by atoms with Crippen LogP contribution in [0.25, 0.3) is 0 Å². The van der Waals surface area contributed by atoms with E-state index >= 15 is 0 Å². The number of halogens is 4. The SMILES string of the molecule is C[C@@H]1CCCCO[C@H](CN(C)C(=O)Nc2ccc(F)cc2)[C@@H](C)CN([C@H](C)CO)C(=O)c2cc(NC(=O)Nc3ccc(C(F)(F)F)cc3)ccc2O1. The van der Waals surface area contributed by atoms with Crippen molar-refractivity contribution >= 4 is 35.0 Å². The van der Waals surface area contributed by atoms with E-state index in [0.717, 1.165) is 30.7 Å². The number of likely N-dealkylation sites (N-methyl/N-ethyl adjacent to an activating group) is 1. The number of hydrogen-bond donors (Lipinski definition) is 4. The number of alkyl halides is 3. The normalized spacial score (nSPS) is 19.4. The third-order valence-electron chi connectivity index (χ3n) is 8.68. The van der Waals surface area contributed by atoms with Gasteiger partial charge in [-0.2, -0.15) is 13.2 Å². The topological polar surface area (TPSA) is 132 Å². The van der Waals surface area contributed by atoms with Crippen molar-refractivity contribution in [1.82, 2.24) is 9.80 Å². The molecule has 282 valence electrons. The van der Waals surface area contributed by atoms with E-state index in [1.807, 2.05) is 13.8 Å². The maximum Gasteiger partial charge on any atom is 0.416 e. The standard InChI is InChI=1S/C37H45F4N5O6/c1-23-20-46(24(2)22-47)34(48)31-19-30(43-35(49)42-28-12-8-26(9-13-28)37(39,40)41)16-17-32(31)52-25(3)7-5-6-18-51-33(23)21-45(4)36(50)44-29-14-10-27(38)11-15-29/h8-17,19,23-25,33,47H,5-7,18,20-22H2,1-4H3,(H,44,50)(H2,42,43,49)/t23-,24+,25+,33+/m0/s1. The van der Waals surface area contributed by atoms with Gasteiger partial charge in [0, 0.05) is 49.7 Å². The predicted octanol–water partition coefficient (Wildman–Crippen LogP) is 7.45. The number of nitrogens with zero attached hydrogens (tertiary/aromatic N) is 2. The van der Waals surface area contributed by atoms with Crippen molar-refractivity contribution < 1.29 is 46.5 Å². The Morgan fingerprint density at radius 2 is 1.58 bits per heavy atom. The maximum atomic E-state index is 14.3. The summed E-state index contributed by atoms with van der Waals surface area (Å²) in [5, 5.41) is 18.0. The van der Waals surface area contributed by atoms with Gasteiger partial charge in [0.2, 0.25) is 0 Å². The molecule has 0 spiro atoms. The Bertz CT molecular complexity index is 1660. The Labute approximate surface area is 300 Å².